The van der Waals surface area contributed by atoms with Crippen molar-refractivity contribution in [1.29, 1.82) is 0 Å². The zero-order valence-corrected chi connectivity index (χ0v) is 14.8. The van der Waals surface area contributed by atoms with Gasteiger partial charge in [-0.1, -0.05) is 42.2 Å². The number of rotatable bonds is 2. The summed E-state index contributed by atoms with van der Waals surface area (Å²) < 4.78 is 6.11. The molecule has 24 heavy (non-hydrogen) atoms. The van der Waals surface area contributed by atoms with Crippen LogP contribution in [0.4, 0.5) is 5.69 Å². The Labute approximate surface area is 149 Å². The number of hydrogen-bond donors (Lipinski definition) is 0. The molecule has 2 fully saturated rings. The van der Waals surface area contributed by atoms with Gasteiger partial charge in [0.05, 0.1) is 28.8 Å². The molecular weight excluding hydrogens is 344 g/mol. The molecule has 0 N–H and O–H groups in total. The van der Waals surface area contributed by atoms with Crippen LogP contribution < -0.4 is 4.90 Å². The number of nitrogens with zero attached hydrogens (tertiary/aromatic N) is 2. The van der Waals surface area contributed by atoms with Crippen molar-refractivity contribution in [2.75, 3.05) is 25.1 Å². The molecule has 3 heterocycles. The molecule has 0 radical (unpaired) electrons. The lowest BCUT2D eigenvalue weighted by Gasteiger charge is -2.18. The molecule has 2 saturated heterocycles. The van der Waals surface area contributed by atoms with Crippen LogP contribution in [0.15, 0.2) is 29.2 Å². The Morgan fingerprint density at radius 2 is 2.08 bits per heavy atom. The molecule has 2 amide bonds. The summed E-state index contributed by atoms with van der Waals surface area (Å²) >= 11 is 6.60. The second-order valence-electron chi connectivity index (χ2n) is 6.00. The van der Waals surface area contributed by atoms with E-state index in [0.717, 1.165) is 30.7 Å². The van der Waals surface area contributed by atoms with Crippen LogP contribution in [-0.4, -0.2) is 47.3 Å². The molecule has 124 valence electrons. The van der Waals surface area contributed by atoms with Crippen LogP contribution in [0, 0.1) is 0 Å². The minimum Gasteiger partial charge on any atom is -0.376 e. The van der Waals surface area contributed by atoms with E-state index in [2.05, 4.69) is 0 Å². The zero-order chi connectivity index (χ0) is 16.8. The fourth-order valence-electron chi connectivity index (χ4n) is 3.29. The van der Waals surface area contributed by atoms with Gasteiger partial charge in [0.2, 0.25) is 0 Å². The third-order valence-corrected chi connectivity index (χ3v) is 5.99. The summed E-state index contributed by atoms with van der Waals surface area (Å²) in [6.45, 7) is 1.20. The van der Waals surface area contributed by atoms with E-state index in [4.69, 9.17) is 17.0 Å². The third-order valence-electron chi connectivity index (χ3n) is 4.54. The number of carbonyl (C=O) groups is 2. The molecule has 1 atom stereocenters. The van der Waals surface area contributed by atoms with Crippen molar-refractivity contribution < 1.29 is 14.3 Å². The van der Waals surface area contributed by atoms with Gasteiger partial charge in [-0.05, 0) is 18.9 Å². The highest BCUT2D eigenvalue weighted by atomic mass is 32.2. The first-order chi connectivity index (χ1) is 11.6. The van der Waals surface area contributed by atoms with E-state index in [1.807, 2.05) is 24.3 Å². The molecule has 3 aliphatic heterocycles. The molecule has 4 rings (SSSR count). The van der Waals surface area contributed by atoms with Gasteiger partial charge in [0.1, 0.15) is 4.32 Å². The first-order valence-corrected chi connectivity index (χ1v) is 9.07. The van der Waals surface area contributed by atoms with Gasteiger partial charge in [-0.15, -0.1) is 0 Å². The normalized spacial score (nSPS) is 26.7. The van der Waals surface area contributed by atoms with Gasteiger partial charge in [0.25, 0.3) is 11.8 Å². The first kappa shape index (κ1) is 15.8. The summed E-state index contributed by atoms with van der Waals surface area (Å²) in [7, 11) is 1.72. The van der Waals surface area contributed by atoms with Crippen LogP contribution >= 0.6 is 24.0 Å². The maximum Gasteiger partial charge on any atom is 0.267 e. The molecule has 7 heteroatoms. The molecule has 5 nitrogen and oxygen atoms in total. The van der Waals surface area contributed by atoms with Crippen LogP contribution in [0.1, 0.15) is 18.4 Å². The van der Waals surface area contributed by atoms with Crippen LogP contribution in [0.5, 0.6) is 0 Å². The molecule has 1 aromatic carbocycles. The SMILES string of the molecule is CN1C(=O)/C(=C2\SC(=S)N(CC3CCCO3)C2=O)c2ccccc21. The second kappa shape index (κ2) is 5.98. The van der Waals surface area contributed by atoms with Gasteiger partial charge in [-0.3, -0.25) is 14.5 Å². The summed E-state index contributed by atoms with van der Waals surface area (Å²) in [5.41, 5.74) is 2.07. The van der Waals surface area contributed by atoms with Gasteiger partial charge >= 0.3 is 0 Å². The number of anilines is 1. The molecule has 0 bridgehead atoms. The van der Waals surface area contributed by atoms with Crippen molar-refractivity contribution in [1.82, 2.24) is 4.90 Å². The van der Waals surface area contributed by atoms with Gasteiger partial charge < -0.3 is 9.64 Å². The Morgan fingerprint density at radius 3 is 2.83 bits per heavy atom. The Morgan fingerprint density at radius 1 is 1.29 bits per heavy atom. The minimum atomic E-state index is -0.186. The number of para-hydroxylation sites is 1. The number of benzene rings is 1. The van der Waals surface area contributed by atoms with Gasteiger partial charge in [-0.25, -0.2) is 0 Å². The standard InChI is InChI=1S/C17H16N2O3S2/c1-18-12-7-3-2-6-11(12)13(15(18)20)14-16(21)19(17(23)24-14)9-10-5-4-8-22-10/h2-3,6-7,10H,4-5,8-9H2,1H3/b14-13-. The van der Waals surface area contributed by atoms with E-state index >= 15 is 0 Å². The summed E-state index contributed by atoms with van der Waals surface area (Å²) in [6, 6.07) is 7.51. The summed E-state index contributed by atoms with van der Waals surface area (Å²) in [5, 5.41) is 0. The molecule has 0 saturated carbocycles. The van der Waals surface area contributed by atoms with Crippen molar-refractivity contribution in [3.8, 4) is 0 Å². The predicted molar refractivity (Wildman–Crippen MR) is 97.6 cm³/mol. The van der Waals surface area contributed by atoms with Gasteiger partial charge in [0, 0.05) is 19.2 Å². The van der Waals surface area contributed by atoms with Crippen molar-refractivity contribution >= 4 is 51.4 Å². The summed E-state index contributed by atoms with van der Waals surface area (Å²) in [5.74, 6) is -0.345. The monoisotopic (exact) mass is 360 g/mol. The third kappa shape index (κ3) is 2.39. The highest BCUT2D eigenvalue weighted by molar-refractivity contribution is 8.26. The number of fused-ring (bicyclic) bond motifs is 1. The Balaban J connectivity index is 1.71. The van der Waals surface area contributed by atoms with E-state index in [1.165, 1.54) is 11.8 Å². The van der Waals surface area contributed by atoms with E-state index in [1.54, 1.807) is 16.8 Å². The van der Waals surface area contributed by atoms with Crippen molar-refractivity contribution in [2.45, 2.75) is 18.9 Å². The molecule has 0 spiro atoms. The average Bonchev–Trinajstić information content (AvgIpc) is 3.25. The van der Waals surface area contributed by atoms with Crippen molar-refractivity contribution in [3.05, 3.63) is 34.7 Å². The molecular formula is C17H16N2O3S2. The number of likely N-dealkylation sites (N-methyl/N-ethyl adjacent to an activating group) is 1. The van der Waals surface area contributed by atoms with Gasteiger partial charge in [0.15, 0.2) is 0 Å². The summed E-state index contributed by atoms with van der Waals surface area (Å²) in [6.07, 6.45) is 1.98. The smallest absolute Gasteiger partial charge is 0.267 e. The van der Waals surface area contributed by atoms with E-state index in [-0.39, 0.29) is 17.9 Å². The Kier molecular flexibility index (Phi) is 3.94. The predicted octanol–water partition coefficient (Wildman–Crippen LogP) is 2.41. The zero-order valence-electron chi connectivity index (χ0n) is 13.2. The topological polar surface area (TPSA) is 49.9 Å². The average molecular weight is 360 g/mol. The number of carbonyl (C=O) groups excluding carboxylic acids is 2. The molecule has 0 aliphatic carbocycles. The van der Waals surface area contributed by atoms with Crippen molar-refractivity contribution in [3.63, 3.8) is 0 Å². The highest BCUT2D eigenvalue weighted by Gasteiger charge is 2.41. The first-order valence-electron chi connectivity index (χ1n) is 7.85. The van der Waals surface area contributed by atoms with Crippen LogP contribution in [0.2, 0.25) is 0 Å². The Hall–Kier alpha value is -1.70. The molecule has 0 aromatic heterocycles. The van der Waals surface area contributed by atoms with E-state index < -0.39 is 0 Å². The van der Waals surface area contributed by atoms with Gasteiger partial charge in [-0.2, -0.15) is 0 Å². The number of amides is 2. The largest absolute Gasteiger partial charge is 0.376 e. The van der Waals surface area contributed by atoms with Crippen LogP contribution in [0.3, 0.4) is 0 Å². The summed E-state index contributed by atoms with van der Waals surface area (Å²) in [4.78, 5) is 29.1. The van der Waals surface area contributed by atoms with Crippen LogP contribution in [-0.2, 0) is 14.3 Å². The van der Waals surface area contributed by atoms with Crippen LogP contribution in [0.25, 0.3) is 5.57 Å². The maximum atomic E-state index is 12.9. The lowest BCUT2D eigenvalue weighted by atomic mass is 10.1. The van der Waals surface area contributed by atoms with E-state index in [0.29, 0.717) is 21.3 Å². The number of thioether (sulfide) groups is 1. The second-order valence-corrected chi connectivity index (χ2v) is 7.65. The quantitative estimate of drug-likeness (QED) is 0.599. The van der Waals surface area contributed by atoms with E-state index in [9.17, 15) is 9.59 Å². The number of thiocarbonyl (C=S) groups is 1. The van der Waals surface area contributed by atoms with Crippen molar-refractivity contribution in [2.24, 2.45) is 0 Å². The Bertz CT molecular complexity index is 784. The molecule has 1 aromatic rings. The molecule has 3 aliphatic rings. The minimum absolute atomic E-state index is 0.0334. The lowest BCUT2D eigenvalue weighted by Crippen LogP contribution is -2.35. The highest BCUT2D eigenvalue weighted by Crippen LogP contribution is 2.44. The fourth-order valence-corrected chi connectivity index (χ4v) is 4.63. The fraction of sp³-hybridized carbons (Fsp3) is 0.353. The molecule has 1 unspecified atom stereocenters. The lowest BCUT2D eigenvalue weighted by molar-refractivity contribution is -0.123. The number of ether oxygens (including phenoxy) is 1. The number of hydrogen-bond acceptors (Lipinski definition) is 5. The maximum absolute atomic E-state index is 12.9.